The maximum atomic E-state index is 13.2. The fraction of sp³-hybridized carbons (Fsp3) is 0.571. The molecule has 120 valence electrons. The van der Waals surface area contributed by atoms with E-state index in [1.165, 1.54) is 11.1 Å². The largest absolute Gasteiger partial charge is 0.337 e. The number of carbonyl (C=O) groups is 1. The number of carbonyl (C=O) groups excluding carboxylic acids is 1. The van der Waals surface area contributed by atoms with Crippen LogP contribution in [0.5, 0.6) is 0 Å². The van der Waals surface area contributed by atoms with Crippen LogP contribution in [-0.2, 0) is 9.84 Å². The number of rotatable bonds is 2. The van der Waals surface area contributed by atoms with Crippen LogP contribution in [0.2, 0.25) is 0 Å². The Hall–Kier alpha value is -1.54. The number of fused-ring (bicyclic) bond motifs is 1. The summed E-state index contributed by atoms with van der Waals surface area (Å²) in [6.07, 6.45) is 2.33. The monoisotopic (exact) mass is 327 g/mol. The van der Waals surface area contributed by atoms with Gasteiger partial charge < -0.3 is 9.80 Å². The molecule has 8 heteroatoms. The Morgan fingerprint density at radius 3 is 2.73 bits per heavy atom. The highest BCUT2D eigenvalue weighted by Gasteiger charge is 2.53. The lowest BCUT2D eigenvalue weighted by Crippen LogP contribution is -2.38. The molecule has 0 unspecified atom stereocenters. The molecule has 0 radical (unpaired) electrons. The highest BCUT2D eigenvalue weighted by Crippen LogP contribution is 2.36. The van der Waals surface area contributed by atoms with Crippen molar-refractivity contribution in [2.24, 2.45) is 5.92 Å². The summed E-state index contributed by atoms with van der Waals surface area (Å²) in [5.41, 5.74) is 0.152. The number of hydrogen-bond acceptors (Lipinski definition) is 5. The van der Waals surface area contributed by atoms with E-state index in [0.717, 1.165) is 12.3 Å². The molecule has 1 aromatic heterocycles. The normalized spacial score (nSPS) is 29.8. The zero-order valence-electron chi connectivity index (χ0n) is 12.4. The molecule has 3 heterocycles. The zero-order valence-corrected chi connectivity index (χ0v) is 13.3. The van der Waals surface area contributed by atoms with Gasteiger partial charge in [-0.25, -0.2) is 12.8 Å². The van der Waals surface area contributed by atoms with Crippen LogP contribution in [0, 0.1) is 11.7 Å². The van der Waals surface area contributed by atoms with Gasteiger partial charge in [0.2, 0.25) is 0 Å². The van der Waals surface area contributed by atoms with Crippen LogP contribution in [0.25, 0.3) is 0 Å². The molecule has 3 rings (SSSR count). The van der Waals surface area contributed by atoms with E-state index in [9.17, 15) is 17.6 Å². The second-order valence-electron chi connectivity index (χ2n) is 6.16. The molecule has 2 fully saturated rings. The van der Waals surface area contributed by atoms with E-state index in [2.05, 4.69) is 4.98 Å². The summed E-state index contributed by atoms with van der Waals surface area (Å²) in [7, 11) is 0.501. The van der Waals surface area contributed by atoms with Crippen molar-refractivity contribution in [1.82, 2.24) is 14.8 Å². The van der Waals surface area contributed by atoms with Crippen molar-refractivity contribution in [2.75, 3.05) is 32.9 Å². The molecule has 2 aliphatic rings. The van der Waals surface area contributed by atoms with E-state index in [-0.39, 0.29) is 35.7 Å². The molecule has 0 N–H and O–H groups in total. The first-order valence-electron chi connectivity index (χ1n) is 7.07. The second-order valence-corrected chi connectivity index (χ2v) is 8.43. The van der Waals surface area contributed by atoms with Gasteiger partial charge in [-0.15, -0.1) is 0 Å². The Bertz CT molecular complexity index is 707. The summed E-state index contributed by atoms with van der Waals surface area (Å²) in [6.45, 7) is 0.550. The Morgan fingerprint density at radius 1 is 1.36 bits per heavy atom. The quantitative estimate of drug-likeness (QED) is 0.766. The van der Waals surface area contributed by atoms with E-state index in [4.69, 9.17) is 0 Å². The molecular weight excluding hydrogens is 309 g/mol. The maximum Gasteiger partial charge on any atom is 0.255 e. The van der Waals surface area contributed by atoms with Crippen molar-refractivity contribution in [3.63, 3.8) is 0 Å². The fourth-order valence-electron chi connectivity index (χ4n) is 3.44. The van der Waals surface area contributed by atoms with Crippen molar-refractivity contribution in [3.8, 4) is 0 Å². The Kier molecular flexibility index (Phi) is 3.68. The zero-order chi connectivity index (χ0) is 16.1. The van der Waals surface area contributed by atoms with E-state index in [1.54, 1.807) is 0 Å². The number of pyridine rings is 1. The van der Waals surface area contributed by atoms with Crippen molar-refractivity contribution >= 4 is 15.7 Å². The first kappa shape index (κ1) is 15.4. The van der Waals surface area contributed by atoms with Crippen LogP contribution in [0.15, 0.2) is 18.5 Å². The van der Waals surface area contributed by atoms with Gasteiger partial charge in [0, 0.05) is 31.2 Å². The van der Waals surface area contributed by atoms with Gasteiger partial charge in [0.25, 0.3) is 5.91 Å². The number of hydrogen-bond donors (Lipinski definition) is 0. The number of halogens is 1. The maximum absolute atomic E-state index is 13.2. The van der Waals surface area contributed by atoms with Crippen LogP contribution in [0.4, 0.5) is 4.39 Å². The summed E-state index contributed by atoms with van der Waals surface area (Å²) >= 11 is 0. The molecular formula is C14H18FN3O3S. The van der Waals surface area contributed by atoms with Gasteiger partial charge in [-0.05, 0) is 20.2 Å². The molecule has 1 aromatic rings. The van der Waals surface area contributed by atoms with E-state index in [1.807, 2.05) is 19.0 Å². The predicted molar refractivity (Wildman–Crippen MR) is 78.6 cm³/mol. The molecule has 0 saturated carbocycles. The smallest absolute Gasteiger partial charge is 0.255 e. The number of likely N-dealkylation sites (tertiary alicyclic amines) is 1. The standard InChI is InChI=1S/C14H18FN3O3S/c1-17(2)12-8-22(20,21)13-7-18(6-11(12)13)14(19)9-3-10(15)5-16-4-9/h3-5,11-13H,6-8H2,1-2H3/t11-,12+,13-/m0/s1. The number of aromatic nitrogens is 1. The van der Waals surface area contributed by atoms with Crippen LogP contribution >= 0.6 is 0 Å². The van der Waals surface area contributed by atoms with Crippen molar-refractivity contribution < 1.29 is 17.6 Å². The molecule has 3 atom stereocenters. The Labute approximate surface area is 128 Å². The van der Waals surface area contributed by atoms with Gasteiger partial charge in [0.15, 0.2) is 9.84 Å². The fourth-order valence-corrected chi connectivity index (χ4v) is 5.92. The lowest BCUT2D eigenvalue weighted by Gasteiger charge is -2.25. The SMILES string of the molecule is CN(C)[C@@H]1CS(=O)(=O)[C@H]2CN(C(=O)c3cncc(F)c3)C[C@@H]12. The third-order valence-corrected chi connectivity index (χ3v) is 6.80. The first-order chi connectivity index (χ1) is 10.3. The van der Waals surface area contributed by atoms with Gasteiger partial charge in [0.1, 0.15) is 5.82 Å². The van der Waals surface area contributed by atoms with Crippen LogP contribution in [0.1, 0.15) is 10.4 Å². The lowest BCUT2D eigenvalue weighted by atomic mass is 10.00. The van der Waals surface area contributed by atoms with E-state index < -0.39 is 20.9 Å². The minimum Gasteiger partial charge on any atom is -0.337 e. The summed E-state index contributed by atoms with van der Waals surface area (Å²) in [5, 5.41) is -0.523. The number of sulfone groups is 1. The minimum absolute atomic E-state index is 0.0848. The third-order valence-electron chi connectivity index (χ3n) is 4.57. The van der Waals surface area contributed by atoms with Crippen molar-refractivity contribution in [3.05, 3.63) is 29.8 Å². The molecule has 2 aliphatic heterocycles. The number of amides is 1. The van der Waals surface area contributed by atoms with Crippen LogP contribution < -0.4 is 0 Å². The second kappa shape index (κ2) is 5.27. The minimum atomic E-state index is -3.20. The highest BCUT2D eigenvalue weighted by molar-refractivity contribution is 7.92. The predicted octanol–water partition coefficient (Wildman–Crippen LogP) is 0.0199. The van der Waals surface area contributed by atoms with E-state index >= 15 is 0 Å². The topological polar surface area (TPSA) is 70.6 Å². The molecule has 6 nitrogen and oxygen atoms in total. The Morgan fingerprint density at radius 2 is 2.09 bits per heavy atom. The highest BCUT2D eigenvalue weighted by atomic mass is 32.2. The summed E-state index contributed by atoms with van der Waals surface area (Å²) < 4.78 is 37.8. The van der Waals surface area contributed by atoms with Gasteiger partial charge in [-0.3, -0.25) is 9.78 Å². The molecule has 2 saturated heterocycles. The summed E-state index contributed by atoms with van der Waals surface area (Å²) in [5.74, 6) is -0.901. The molecule has 0 aliphatic carbocycles. The van der Waals surface area contributed by atoms with Crippen molar-refractivity contribution in [1.29, 1.82) is 0 Å². The molecule has 0 bridgehead atoms. The summed E-state index contributed by atoms with van der Waals surface area (Å²) in [6, 6.07) is 1.04. The Balaban J connectivity index is 1.84. The number of nitrogens with zero attached hydrogens (tertiary/aromatic N) is 3. The molecule has 1 amide bonds. The third kappa shape index (κ3) is 2.50. The van der Waals surface area contributed by atoms with Crippen LogP contribution in [0.3, 0.4) is 0 Å². The van der Waals surface area contributed by atoms with Crippen LogP contribution in [-0.4, -0.2) is 73.3 Å². The van der Waals surface area contributed by atoms with E-state index in [0.29, 0.717) is 6.54 Å². The first-order valence-corrected chi connectivity index (χ1v) is 8.79. The average molecular weight is 327 g/mol. The van der Waals surface area contributed by atoms with Gasteiger partial charge in [-0.1, -0.05) is 0 Å². The average Bonchev–Trinajstić information content (AvgIpc) is 2.98. The molecule has 0 spiro atoms. The lowest BCUT2D eigenvalue weighted by molar-refractivity contribution is 0.0778. The van der Waals surface area contributed by atoms with Gasteiger partial charge in [-0.2, -0.15) is 0 Å². The van der Waals surface area contributed by atoms with Crippen molar-refractivity contribution in [2.45, 2.75) is 11.3 Å². The molecule has 0 aromatic carbocycles. The van der Waals surface area contributed by atoms with Gasteiger partial charge in [0.05, 0.1) is 22.8 Å². The summed E-state index contributed by atoms with van der Waals surface area (Å²) in [4.78, 5) is 19.5. The van der Waals surface area contributed by atoms with Gasteiger partial charge >= 0.3 is 0 Å². The molecule has 22 heavy (non-hydrogen) atoms.